The Bertz CT molecular complexity index is 5120. The number of allylic oxidation sites excluding steroid dienone is 2. The molecule has 33 heteroatoms. The number of unbranched alkanes of at least 4 members (excludes halogenated alkanes) is 6. The number of aromatic nitrogens is 2. The molecule has 0 spiro atoms. The molecule has 2 aromatic heterocycles. The van der Waals surface area contributed by atoms with Crippen LogP contribution in [-0.4, -0.2) is 183 Å². The van der Waals surface area contributed by atoms with Crippen LogP contribution in [0.3, 0.4) is 0 Å². The highest BCUT2D eigenvalue weighted by Gasteiger charge is 2.36. The second kappa shape index (κ2) is 55.0. The second-order valence-electron chi connectivity index (χ2n) is 37.0. The number of carbonyl (C=O) groups is 15. The third-order valence-corrected chi connectivity index (χ3v) is 26.0. The summed E-state index contributed by atoms with van der Waals surface area (Å²) in [6, 6.07) is 21.4. The van der Waals surface area contributed by atoms with E-state index in [9.17, 15) is 72.5 Å². The van der Waals surface area contributed by atoms with Gasteiger partial charge in [-0.2, -0.15) is 0 Å². The van der Waals surface area contributed by atoms with Crippen molar-refractivity contribution in [1.82, 2.24) is 68.5 Å². The number of carboxylic acids is 2. The van der Waals surface area contributed by atoms with Gasteiger partial charge < -0.3 is 95.9 Å². The van der Waals surface area contributed by atoms with Crippen LogP contribution in [0.1, 0.15) is 284 Å². The zero-order valence-corrected chi connectivity index (χ0v) is 77.9. The molecule has 4 heterocycles. The molecule has 21 N–H and O–H groups in total. The van der Waals surface area contributed by atoms with Gasteiger partial charge in [0.05, 0.1) is 49.9 Å². The molecule has 0 saturated carbocycles. The van der Waals surface area contributed by atoms with E-state index in [0.717, 1.165) is 40.6 Å². The Labute approximate surface area is 789 Å². The number of aliphatic carboxylic acids is 2. The van der Waals surface area contributed by atoms with Crippen molar-refractivity contribution in [2.45, 2.75) is 311 Å². The predicted octanol–water partition coefficient (Wildman–Crippen LogP) is 9.44. The molecule has 2 saturated heterocycles. The normalized spacial score (nSPS) is 23.2. The SMILES string of the molecule is CCCCCC1CC(=O)CC(CCC(=O)NCCCCC2CC(=O)NC(CCCCN)CC(=O)NC(CCCCN)CC(=O)CC(CCC(=O)O)CC(=O)NC(C3=CCc4ccccc43)CC(=O)NC(c3c[nH]c4ccccc34)CC(=O)N2)CC(=O)NC(C2=CCc3ccccc32)CC(=O)NC(c2c[nH]c3ccccc23)CC(=O)NC(CCC(=O)O)CC(=O)NC(CCCCN)CC(=O)N1. The number of fused-ring (bicyclic) bond motifs is 4. The van der Waals surface area contributed by atoms with E-state index < -0.39 is 149 Å². The average molecular weight is 1860 g/mol. The van der Waals surface area contributed by atoms with Crippen LogP contribution in [0.5, 0.6) is 0 Å². The summed E-state index contributed by atoms with van der Waals surface area (Å²) in [5, 5.41) is 54.8. The standard InChI is InChI=1S/C102H140N16O17/c1-2-3-4-23-68-52-74(119)48-64(50-91(122)115-86(80-39-36-66-21-5-7-28-76(66)80)58-100(131)118-89(83-63-108-85-33-12-10-31-79(83)85)61-98(129)114-73(38-43-102(134)135)57-96(127)112-71(26-15-19-46-105)55-93(124)109-68)34-41-90(121)106-47-20-16-27-72-56-95(126)111-70(25-14-18-45-104)54-94(125)110-69(24-13-17-44-103)53-75(120)49-65(35-42-101(132)133)51-92(123)116-87(81-40-37-67-22-6-8-29-77(67)81)59-99(130)117-88(60-97(128)113-72)82-62-107-84-32-11-9-30-78(82)84/h5-12,21-22,28-33,39-40,62-65,68-73,86-89,107-108H,2-4,13-20,23-27,34-38,41-61,103-105H2,1H3,(H,106,121)(H,109,124)(H,110,125)(H,111,126)(H,112,127)(H,113,128)(H,114,129)(H,115,122)(H,116,123)(H,117,130)(H,118,131)(H,132,133)(H,134,135). The van der Waals surface area contributed by atoms with Gasteiger partial charge in [-0.25, -0.2) is 0 Å². The Balaban J connectivity index is 0.896. The number of carboxylic acid groups (broad SMARTS) is 2. The zero-order chi connectivity index (χ0) is 96.5. The third-order valence-electron chi connectivity index (χ3n) is 26.0. The molecular weight excluding hydrogens is 1720 g/mol. The van der Waals surface area contributed by atoms with Crippen molar-refractivity contribution in [2.24, 2.45) is 29.0 Å². The molecule has 12 unspecified atom stereocenters. The number of H-pyrrole nitrogens is 2. The van der Waals surface area contributed by atoms with E-state index in [0.29, 0.717) is 155 Å². The van der Waals surface area contributed by atoms with E-state index >= 15 is 9.59 Å². The summed E-state index contributed by atoms with van der Waals surface area (Å²) in [6.07, 6.45) is 11.9. The third kappa shape index (κ3) is 35.2. The fourth-order valence-electron chi connectivity index (χ4n) is 19.2. The first-order chi connectivity index (χ1) is 65.2. The summed E-state index contributed by atoms with van der Waals surface area (Å²) < 4.78 is 0. The summed E-state index contributed by atoms with van der Waals surface area (Å²) in [5.74, 6) is -9.92. The lowest BCUT2D eigenvalue weighted by Gasteiger charge is -2.26. The van der Waals surface area contributed by atoms with Crippen LogP contribution in [0, 0.1) is 11.8 Å². The lowest BCUT2D eigenvalue weighted by atomic mass is 9.89. The Morgan fingerprint density at radius 1 is 0.333 bits per heavy atom. The Kier molecular flexibility index (Phi) is 42.7. The second-order valence-corrected chi connectivity index (χ2v) is 37.0. The van der Waals surface area contributed by atoms with Gasteiger partial charge in [0.25, 0.3) is 0 Å². The van der Waals surface area contributed by atoms with E-state index in [1.807, 2.05) is 116 Å². The van der Waals surface area contributed by atoms with Crippen LogP contribution in [0.4, 0.5) is 0 Å². The van der Waals surface area contributed by atoms with Gasteiger partial charge in [0, 0.05) is 172 Å². The van der Waals surface area contributed by atoms with Gasteiger partial charge in [0.1, 0.15) is 11.6 Å². The van der Waals surface area contributed by atoms with Gasteiger partial charge in [0.15, 0.2) is 0 Å². The molecule has 0 bridgehead atoms. The molecule has 33 nitrogen and oxygen atoms in total. The summed E-state index contributed by atoms with van der Waals surface area (Å²) >= 11 is 0. The lowest BCUT2D eigenvalue weighted by molar-refractivity contribution is -0.138. The molecule has 2 aliphatic heterocycles. The molecule has 2 aliphatic carbocycles. The molecule has 4 aliphatic rings. The first kappa shape index (κ1) is 105. The minimum absolute atomic E-state index is 0.0109. The molecule has 12 atom stereocenters. The van der Waals surface area contributed by atoms with Crippen molar-refractivity contribution < 1.29 is 82.1 Å². The fraction of sp³-hybridized carbons (Fsp3) is 0.539. The number of benzene rings is 4. The minimum Gasteiger partial charge on any atom is -0.481 e. The molecular formula is C102H140N16O17. The highest BCUT2D eigenvalue weighted by Crippen LogP contribution is 2.36. The number of nitrogens with one attached hydrogen (secondary N) is 13. The Morgan fingerprint density at radius 2 is 0.652 bits per heavy atom. The minimum atomic E-state index is -1.15. The summed E-state index contributed by atoms with van der Waals surface area (Å²) in [4.78, 5) is 221. The average Bonchev–Trinajstić information content (AvgIpc) is 1.68. The Morgan fingerprint density at radius 3 is 1.05 bits per heavy atom. The lowest BCUT2D eigenvalue weighted by Crippen LogP contribution is -2.46. The number of para-hydroxylation sites is 2. The fourth-order valence-corrected chi connectivity index (χ4v) is 19.2. The quantitative estimate of drug-likeness (QED) is 0.0167. The number of hydrogen-bond donors (Lipinski definition) is 18. The highest BCUT2D eigenvalue weighted by atomic mass is 16.4. The first-order valence-corrected chi connectivity index (χ1v) is 48.6. The van der Waals surface area contributed by atoms with E-state index in [1.54, 1.807) is 12.4 Å². The number of Topliss-reactive ketones (excluding diaryl/α,β-unsaturated/α-hetero) is 2. The van der Waals surface area contributed by atoms with E-state index in [2.05, 4.69) is 68.5 Å². The maximum atomic E-state index is 15.1. The predicted molar refractivity (Wildman–Crippen MR) is 514 cm³/mol. The molecule has 10 rings (SSSR count). The summed E-state index contributed by atoms with van der Waals surface area (Å²) in [7, 11) is 0. The topological polar surface area (TPSA) is 538 Å². The van der Waals surface area contributed by atoms with Gasteiger partial charge in [-0.05, 0) is 173 Å². The van der Waals surface area contributed by atoms with E-state index in [-0.39, 0.29) is 153 Å². The van der Waals surface area contributed by atoms with Crippen molar-refractivity contribution in [2.75, 3.05) is 26.2 Å². The smallest absolute Gasteiger partial charge is 0.303 e. The number of aromatic amines is 2. The van der Waals surface area contributed by atoms with Crippen LogP contribution in [0.2, 0.25) is 0 Å². The van der Waals surface area contributed by atoms with E-state index in [4.69, 9.17) is 17.2 Å². The molecule has 6 aromatic rings. The molecule has 4 aromatic carbocycles. The van der Waals surface area contributed by atoms with Crippen molar-refractivity contribution in [3.05, 3.63) is 155 Å². The first-order valence-electron chi connectivity index (χ1n) is 48.6. The van der Waals surface area contributed by atoms with Crippen LogP contribution in [-0.2, 0) is 84.8 Å². The number of carbonyl (C=O) groups excluding carboxylic acids is 13. The van der Waals surface area contributed by atoms with Crippen LogP contribution >= 0.6 is 0 Å². The number of rotatable bonds is 34. The van der Waals surface area contributed by atoms with Crippen LogP contribution < -0.4 is 75.7 Å². The molecule has 135 heavy (non-hydrogen) atoms. The van der Waals surface area contributed by atoms with Crippen molar-refractivity contribution in [1.29, 1.82) is 0 Å². The van der Waals surface area contributed by atoms with Crippen molar-refractivity contribution in [3.8, 4) is 0 Å². The number of ketones is 2. The summed E-state index contributed by atoms with van der Waals surface area (Å²) in [5.41, 5.74) is 25.2. The largest absolute Gasteiger partial charge is 0.481 e. The highest BCUT2D eigenvalue weighted by molar-refractivity contribution is 5.94. The van der Waals surface area contributed by atoms with Crippen molar-refractivity contribution >= 4 is 121 Å². The molecule has 0 radical (unpaired) electrons. The van der Waals surface area contributed by atoms with Crippen LogP contribution in [0.25, 0.3) is 33.0 Å². The summed E-state index contributed by atoms with van der Waals surface area (Å²) in [6.45, 7) is 3.19. The van der Waals surface area contributed by atoms with Gasteiger partial charge in [-0.1, -0.05) is 143 Å². The molecule has 730 valence electrons. The Hall–Kier alpha value is -12.2. The molecule has 2 fully saturated rings. The zero-order valence-electron chi connectivity index (χ0n) is 77.9. The number of amides is 11. The van der Waals surface area contributed by atoms with Gasteiger partial charge in [0.2, 0.25) is 65.0 Å². The number of hydrogen-bond acceptors (Lipinski definition) is 18. The van der Waals surface area contributed by atoms with Gasteiger partial charge >= 0.3 is 11.9 Å². The maximum absolute atomic E-state index is 15.1. The van der Waals surface area contributed by atoms with Gasteiger partial charge in [-0.3, -0.25) is 71.9 Å². The van der Waals surface area contributed by atoms with Crippen LogP contribution in [0.15, 0.2) is 122 Å². The maximum Gasteiger partial charge on any atom is 0.303 e. The monoisotopic (exact) mass is 1860 g/mol. The molecule has 11 amide bonds. The van der Waals surface area contributed by atoms with Crippen molar-refractivity contribution in [3.63, 3.8) is 0 Å². The van der Waals surface area contributed by atoms with Gasteiger partial charge in [-0.15, -0.1) is 0 Å². The number of nitrogens with two attached hydrogens (primary N) is 3. The van der Waals surface area contributed by atoms with E-state index in [1.165, 1.54) is 0 Å².